The van der Waals surface area contributed by atoms with Crippen molar-refractivity contribution in [3.05, 3.63) is 41.7 Å². The highest BCUT2D eigenvalue weighted by atomic mass is 32.2. The highest BCUT2D eigenvalue weighted by molar-refractivity contribution is 8.00. The van der Waals surface area contributed by atoms with E-state index in [0.717, 1.165) is 11.4 Å². The van der Waals surface area contributed by atoms with Gasteiger partial charge in [-0.3, -0.25) is 9.59 Å². The molecule has 2 heterocycles. The molecule has 9 heteroatoms. The predicted octanol–water partition coefficient (Wildman–Crippen LogP) is 2.82. The van der Waals surface area contributed by atoms with Crippen LogP contribution in [-0.2, 0) is 9.59 Å². The third-order valence-electron chi connectivity index (χ3n) is 3.72. The summed E-state index contributed by atoms with van der Waals surface area (Å²) >= 11 is 1.27. The summed E-state index contributed by atoms with van der Waals surface area (Å²) < 4.78 is 1.67. The van der Waals surface area contributed by atoms with Gasteiger partial charge >= 0.3 is 0 Å². The second-order valence-electron chi connectivity index (χ2n) is 6.15. The Hall–Kier alpha value is -2.94. The zero-order valence-corrected chi connectivity index (χ0v) is 16.3. The van der Waals surface area contributed by atoms with E-state index in [1.54, 1.807) is 35.7 Å². The first-order chi connectivity index (χ1) is 12.8. The lowest BCUT2D eigenvalue weighted by Gasteiger charge is -2.10. The Morgan fingerprint density at radius 3 is 2.33 bits per heavy atom. The first-order valence-corrected chi connectivity index (χ1v) is 9.26. The zero-order valence-electron chi connectivity index (χ0n) is 15.5. The number of carbonyl (C=O) groups excluding carboxylic acids is 2. The van der Waals surface area contributed by atoms with Crippen molar-refractivity contribution in [1.82, 2.24) is 19.6 Å². The molecule has 8 nitrogen and oxygen atoms in total. The third kappa shape index (κ3) is 4.62. The Labute approximate surface area is 160 Å². The standard InChI is InChI=1S/C18H20N6O2S/c1-10-9-11(2)24-17(19-10)22-18(23-24)27-12(3)16(26)21-15-7-5-14(6-8-15)20-13(4)25/h5-9,12H,1-4H3,(H,20,25)(H,21,26)/t12-/m0/s1. The number of benzene rings is 1. The average molecular weight is 384 g/mol. The van der Waals surface area contributed by atoms with Gasteiger partial charge in [0.05, 0.1) is 5.25 Å². The number of thioether (sulfide) groups is 1. The van der Waals surface area contributed by atoms with Gasteiger partial charge in [0.2, 0.25) is 17.0 Å². The van der Waals surface area contributed by atoms with Crippen molar-refractivity contribution >= 4 is 40.7 Å². The number of carbonyl (C=O) groups is 2. The van der Waals surface area contributed by atoms with E-state index in [0.29, 0.717) is 22.3 Å². The predicted molar refractivity (Wildman–Crippen MR) is 105 cm³/mol. The van der Waals surface area contributed by atoms with Gasteiger partial charge in [-0.1, -0.05) is 11.8 Å². The molecule has 0 unspecified atom stereocenters. The van der Waals surface area contributed by atoms with Crippen LogP contribution in [0.4, 0.5) is 11.4 Å². The normalized spacial score (nSPS) is 12.0. The largest absolute Gasteiger partial charge is 0.326 e. The van der Waals surface area contributed by atoms with Gasteiger partial charge in [-0.25, -0.2) is 9.50 Å². The van der Waals surface area contributed by atoms with E-state index in [4.69, 9.17) is 0 Å². The Balaban J connectivity index is 1.65. The minimum Gasteiger partial charge on any atom is -0.326 e. The molecule has 2 aromatic heterocycles. The molecule has 1 atom stereocenters. The molecule has 0 radical (unpaired) electrons. The van der Waals surface area contributed by atoms with E-state index in [1.807, 2.05) is 19.9 Å². The maximum atomic E-state index is 12.4. The number of aryl methyl sites for hydroxylation is 2. The van der Waals surface area contributed by atoms with E-state index >= 15 is 0 Å². The first kappa shape index (κ1) is 18.8. The highest BCUT2D eigenvalue weighted by Gasteiger charge is 2.18. The molecular weight excluding hydrogens is 364 g/mol. The van der Waals surface area contributed by atoms with Crippen LogP contribution >= 0.6 is 11.8 Å². The second kappa shape index (κ2) is 7.75. The van der Waals surface area contributed by atoms with Crippen molar-refractivity contribution in [2.24, 2.45) is 0 Å². The number of hydrogen-bond donors (Lipinski definition) is 2. The van der Waals surface area contributed by atoms with Crippen LogP contribution in [0.2, 0.25) is 0 Å². The lowest BCUT2D eigenvalue weighted by atomic mass is 10.2. The van der Waals surface area contributed by atoms with Gasteiger partial charge in [0.25, 0.3) is 5.78 Å². The third-order valence-corrected chi connectivity index (χ3v) is 4.67. The Bertz CT molecular complexity index is 999. The van der Waals surface area contributed by atoms with Gasteiger partial charge in [-0.2, -0.15) is 4.98 Å². The molecule has 2 N–H and O–H groups in total. The van der Waals surface area contributed by atoms with E-state index in [9.17, 15) is 9.59 Å². The molecule has 0 saturated heterocycles. The fourth-order valence-corrected chi connectivity index (χ4v) is 3.24. The molecule has 0 aliphatic heterocycles. The summed E-state index contributed by atoms with van der Waals surface area (Å²) in [6.07, 6.45) is 0. The number of anilines is 2. The first-order valence-electron chi connectivity index (χ1n) is 8.38. The molecular formula is C18H20N6O2S. The van der Waals surface area contributed by atoms with Gasteiger partial charge < -0.3 is 10.6 Å². The minimum atomic E-state index is -0.390. The van der Waals surface area contributed by atoms with Crippen LogP contribution in [0.1, 0.15) is 25.2 Å². The maximum Gasteiger partial charge on any atom is 0.253 e. The smallest absolute Gasteiger partial charge is 0.253 e. The highest BCUT2D eigenvalue weighted by Crippen LogP contribution is 2.22. The number of aromatic nitrogens is 4. The summed E-state index contributed by atoms with van der Waals surface area (Å²) in [5.41, 5.74) is 3.14. The molecule has 2 amide bonds. The van der Waals surface area contributed by atoms with Crippen LogP contribution in [0, 0.1) is 13.8 Å². The van der Waals surface area contributed by atoms with Crippen molar-refractivity contribution in [1.29, 1.82) is 0 Å². The number of nitrogens with zero attached hydrogens (tertiary/aromatic N) is 4. The Morgan fingerprint density at radius 2 is 1.70 bits per heavy atom. The molecule has 140 valence electrons. The second-order valence-corrected chi connectivity index (χ2v) is 7.46. The van der Waals surface area contributed by atoms with Crippen molar-refractivity contribution < 1.29 is 9.59 Å². The Morgan fingerprint density at radius 1 is 1.07 bits per heavy atom. The summed E-state index contributed by atoms with van der Waals surface area (Å²) in [7, 11) is 0. The monoisotopic (exact) mass is 384 g/mol. The van der Waals surface area contributed by atoms with Crippen LogP contribution in [0.3, 0.4) is 0 Å². The molecule has 3 aromatic rings. The topological polar surface area (TPSA) is 101 Å². The number of fused-ring (bicyclic) bond motifs is 1. The number of amides is 2. The molecule has 1 aromatic carbocycles. The fraction of sp³-hybridized carbons (Fsp3) is 0.278. The molecule has 0 aliphatic carbocycles. The van der Waals surface area contributed by atoms with E-state index < -0.39 is 0 Å². The van der Waals surface area contributed by atoms with Crippen LogP contribution in [0.25, 0.3) is 5.78 Å². The van der Waals surface area contributed by atoms with E-state index in [-0.39, 0.29) is 17.1 Å². The Kier molecular flexibility index (Phi) is 5.41. The molecule has 0 saturated carbocycles. The van der Waals surface area contributed by atoms with Gasteiger partial charge in [-0.05, 0) is 51.1 Å². The van der Waals surface area contributed by atoms with Gasteiger partial charge in [0, 0.05) is 29.7 Å². The zero-order chi connectivity index (χ0) is 19.6. The van der Waals surface area contributed by atoms with Crippen molar-refractivity contribution in [2.45, 2.75) is 38.1 Å². The fourth-order valence-electron chi connectivity index (χ4n) is 2.49. The van der Waals surface area contributed by atoms with Gasteiger partial charge in [0.1, 0.15) is 0 Å². The van der Waals surface area contributed by atoms with Gasteiger partial charge in [0.15, 0.2) is 0 Å². The van der Waals surface area contributed by atoms with Crippen LogP contribution in [-0.4, -0.2) is 36.6 Å². The molecule has 0 aliphatic rings. The summed E-state index contributed by atoms with van der Waals surface area (Å²) in [6.45, 7) is 7.08. The van der Waals surface area contributed by atoms with Crippen molar-refractivity contribution in [3.8, 4) is 0 Å². The molecule has 0 spiro atoms. The van der Waals surface area contributed by atoms with Crippen molar-refractivity contribution in [3.63, 3.8) is 0 Å². The molecule has 3 rings (SSSR count). The molecule has 0 fully saturated rings. The lowest BCUT2D eigenvalue weighted by Crippen LogP contribution is -2.22. The van der Waals surface area contributed by atoms with Crippen molar-refractivity contribution in [2.75, 3.05) is 10.6 Å². The van der Waals surface area contributed by atoms with Gasteiger partial charge in [-0.15, -0.1) is 5.10 Å². The summed E-state index contributed by atoms with van der Waals surface area (Å²) in [5, 5.41) is 10.0. The quantitative estimate of drug-likeness (QED) is 0.656. The van der Waals surface area contributed by atoms with Crippen LogP contribution in [0.15, 0.2) is 35.5 Å². The average Bonchev–Trinajstić information content (AvgIpc) is 2.98. The summed E-state index contributed by atoms with van der Waals surface area (Å²) in [4.78, 5) is 32.2. The lowest BCUT2D eigenvalue weighted by molar-refractivity contribution is -0.115. The van der Waals surface area contributed by atoms with Crippen LogP contribution < -0.4 is 10.6 Å². The van der Waals surface area contributed by atoms with E-state index in [1.165, 1.54) is 18.7 Å². The van der Waals surface area contributed by atoms with Crippen LogP contribution in [0.5, 0.6) is 0 Å². The maximum absolute atomic E-state index is 12.4. The summed E-state index contributed by atoms with van der Waals surface area (Å²) in [5.74, 6) is 0.222. The molecule has 27 heavy (non-hydrogen) atoms. The number of rotatable bonds is 5. The van der Waals surface area contributed by atoms with E-state index in [2.05, 4.69) is 25.7 Å². The number of hydrogen-bond acceptors (Lipinski definition) is 6. The minimum absolute atomic E-state index is 0.142. The molecule has 0 bridgehead atoms. The SMILES string of the molecule is CC(=O)Nc1ccc(NC(=O)[C@H](C)Sc2nc3nc(C)cc(C)n3n2)cc1. The number of nitrogens with one attached hydrogen (secondary N) is 2. The summed E-state index contributed by atoms with van der Waals surface area (Å²) in [6, 6.07) is 8.86.